The van der Waals surface area contributed by atoms with E-state index in [0.29, 0.717) is 45.3 Å². The summed E-state index contributed by atoms with van der Waals surface area (Å²) in [4.78, 5) is 7.34. The first-order chi connectivity index (χ1) is 20.3. The van der Waals surface area contributed by atoms with E-state index in [-0.39, 0.29) is 23.2 Å². The third-order valence-corrected chi connectivity index (χ3v) is 8.70. The zero-order valence-corrected chi connectivity index (χ0v) is 26.2. The van der Waals surface area contributed by atoms with Gasteiger partial charge in [-0.25, -0.2) is 18.1 Å². The van der Waals surface area contributed by atoms with Crippen LogP contribution in [0.15, 0.2) is 76.5 Å². The summed E-state index contributed by atoms with van der Waals surface area (Å²) in [6.45, 7) is -0.0787. The zero-order chi connectivity index (χ0) is 32.9. The van der Waals surface area contributed by atoms with E-state index in [2.05, 4.69) is 14.7 Å². The SMILES string of the molecule is Nc1nc(N)c(-c2ccc(Cl)c(Cl)c2)c(CCc2cccc(CNS(=O)(=O)c3cccc(S(=O)(=O)F)c3)c2)n1.O=S(=O)(O)O. The van der Waals surface area contributed by atoms with Crippen LogP contribution in [0.4, 0.5) is 15.7 Å². The lowest BCUT2D eigenvalue weighted by Gasteiger charge is -2.13. The molecule has 4 aromatic rings. The van der Waals surface area contributed by atoms with E-state index in [4.69, 9.17) is 52.2 Å². The van der Waals surface area contributed by atoms with Gasteiger partial charge in [0.05, 0.1) is 25.5 Å². The van der Waals surface area contributed by atoms with Crippen LogP contribution in [0.2, 0.25) is 10.0 Å². The molecule has 3 aromatic carbocycles. The van der Waals surface area contributed by atoms with Gasteiger partial charge in [0.1, 0.15) is 5.82 Å². The highest BCUT2D eigenvalue weighted by Gasteiger charge is 2.19. The molecule has 44 heavy (non-hydrogen) atoms. The van der Waals surface area contributed by atoms with Gasteiger partial charge >= 0.3 is 20.6 Å². The maximum Gasteiger partial charge on any atom is 0.394 e. The van der Waals surface area contributed by atoms with Crippen LogP contribution in [-0.4, -0.2) is 44.3 Å². The standard InChI is InChI=1S/C25H22Cl2FN5O4S2.H2O4S/c26-20-9-8-17(12-21(20)27)23-22(32-25(30)33-24(23)29)10-7-15-3-1-4-16(11-15)14-31-39(36,37)19-6-2-5-18(13-19)38(28,34)35;1-5(2,3)4/h1-6,8-9,11-13,31H,7,10,14H2,(H4,29,30,32,33);(H2,1,2,3,4). The van der Waals surface area contributed by atoms with Crippen LogP contribution < -0.4 is 16.2 Å². The van der Waals surface area contributed by atoms with E-state index in [1.165, 1.54) is 6.07 Å². The van der Waals surface area contributed by atoms with Crippen LogP contribution in [-0.2, 0) is 50.0 Å². The summed E-state index contributed by atoms with van der Waals surface area (Å²) >= 11 is 12.2. The van der Waals surface area contributed by atoms with Crippen LogP contribution in [0, 0.1) is 0 Å². The predicted octanol–water partition coefficient (Wildman–Crippen LogP) is 3.88. The molecular weight excluding hydrogens is 684 g/mol. The van der Waals surface area contributed by atoms with Crippen molar-refractivity contribution in [2.24, 2.45) is 0 Å². The van der Waals surface area contributed by atoms with Crippen molar-refractivity contribution in [2.45, 2.75) is 29.2 Å². The van der Waals surface area contributed by atoms with E-state index in [1.807, 2.05) is 12.1 Å². The van der Waals surface area contributed by atoms with Crippen molar-refractivity contribution in [3.63, 3.8) is 0 Å². The molecule has 0 unspecified atom stereocenters. The molecule has 0 bridgehead atoms. The Balaban J connectivity index is 0.000000978. The minimum Gasteiger partial charge on any atom is -0.383 e. The van der Waals surface area contributed by atoms with Crippen molar-refractivity contribution in [1.82, 2.24) is 14.7 Å². The quantitative estimate of drug-likeness (QED) is 0.123. The molecule has 0 radical (unpaired) electrons. The summed E-state index contributed by atoms with van der Waals surface area (Å²) in [6.07, 6.45) is 0.952. The molecule has 1 aromatic heterocycles. The molecule has 19 heteroatoms. The Labute approximate surface area is 262 Å². The number of sulfonamides is 1. The normalized spacial score (nSPS) is 11.9. The fourth-order valence-electron chi connectivity index (χ4n) is 3.91. The molecule has 7 N–H and O–H groups in total. The zero-order valence-electron chi connectivity index (χ0n) is 22.2. The maximum absolute atomic E-state index is 13.3. The average Bonchev–Trinajstić information content (AvgIpc) is 2.91. The molecule has 0 aliphatic rings. The van der Waals surface area contributed by atoms with Crippen LogP contribution >= 0.6 is 23.2 Å². The smallest absolute Gasteiger partial charge is 0.383 e. The first-order valence-electron chi connectivity index (χ1n) is 12.0. The third kappa shape index (κ3) is 10.3. The van der Waals surface area contributed by atoms with Crippen molar-refractivity contribution < 1.29 is 38.2 Å². The van der Waals surface area contributed by atoms with Gasteiger partial charge in [-0.05, 0) is 59.9 Å². The topological polar surface area (TPSA) is 233 Å². The molecule has 0 saturated carbocycles. The lowest BCUT2D eigenvalue weighted by molar-refractivity contribution is 0.381. The molecule has 4 rings (SSSR count). The van der Waals surface area contributed by atoms with Gasteiger partial charge in [0.25, 0.3) is 0 Å². The number of nitrogens with zero attached hydrogens (tertiary/aromatic N) is 2. The van der Waals surface area contributed by atoms with Gasteiger partial charge in [-0.2, -0.15) is 21.8 Å². The molecule has 0 spiro atoms. The maximum atomic E-state index is 13.3. The van der Waals surface area contributed by atoms with Gasteiger partial charge in [0, 0.05) is 12.1 Å². The Bertz CT molecular complexity index is 2010. The highest BCUT2D eigenvalue weighted by atomic mass is 35.5. The number of aromatic nitrogens is 2. The number of halogens is 3. The molecule has 13 nitrogen and oxygen atoms in total. The molecule has 236 valence electrons. The highest BCUT2D eigenvalue weighted by molar-refractivity contribution is 7.89. The Morgan fingerprint density at radius 1 is 0.773 bits per heavy atom. The molecule has 1 heterocycles. The molecule has 0 amide bonds. The lowest BCUT2D eigenvalue weighted by atomic mass is 9.99. The lowest BCUT2D eigenvalue weighted by Crippen LogP contribution is -2.23. The number of nitrogens with two attached hydrogens (primary N) is 2. The van der Waals surface area contributed by atoms with E-state index in [1.54, 1.807) is 30.3 Å². The number of hydrogen-bond donors (Lipinski definition) is 5. The number of aryl methyl sites for hydroxylation is 2. The number of nitrogen functional groups attached to an aromatic ring is 2. The van der Waals surface area contributed by atoms with Crippen LogP contribution in [0.1, 0.15) is 16.8 Å². The molecule has 0 saturated heterocycles. The highest BCUT2D eigenvalue weighted by Crippen LogP contribution is 2.33. The van der Waals surface area contributed by atoms with Gasteiger partial charge < -0.3 is 11.5 Å². The monoisotopic (exact) mass is 707 g/mol. The molecule has 0 atom stereocenters. The van der Waals surface area contributed by atoms with Crippen LogP contribution in [0.3, 0.4) is 0 Å². The Kier molecular flexibility index (Phi) is 11.3. The van der Waals surface area contributed by atoms with Crippen molar-refractivity contribution >= 4 is 65.6 Å². The summed E-state index contributed by atoms with van der Waals surface area (Å²) in [5.41, 5.74) is 15.4. The van der Waals surface area contributed by atoms with E-state index in [9.17, 15) is 20.7 Å². The van der Waals surface area contributed by atoms with E-state index >= 15 is 0 Å². The van der Waals surface area contributed by atoms with Gasteiger partial charge in [0.2, 0.25) is 16.0 Å². The molecule has 0 fully saturated rings. The van der Waals surface area contributed by atoms with Gasteiger partial charge in [-0.3, -0.25) is 9.11 Å². The fourth-order valence-corrected chi connectivity index (χ4v) is 5.85. The third-order valence-electron chi connectivity index (χ3n) is 5.74. The Morgan fingerprint density at radius 3 is 2.02 bits per heavy atom. The Hall–Kier alpha value is -3.42. The fraction of sp³-hybridized carbons (Fsp3) is 0.120. The minimum absolute atomic E-state index is 0.0269. The first kappa shape index (κ1) is 35.1. The van der Waals surface area contributed by atoms with Crippen molar-refractivity contribution in [3.05, 3.63) is 93.6 Å². The number of hydrogen-bond acceptors (Lipinski definition) is 10. The number of anilines is 2. The summed E-state index contributed by atoms with van der Waals surface area (Å²) in [5, 5.41) is 0.744. The average molecular weight is 709 g/mol. The predicted molar refractivity (Wildman–Crippen MR) is 163 cm³/mol. The van der Waals surface area contributed by atoms with Crippen molar-refractivity contribution in [1.29, 1.82) is 0 Å². The first-order valence-corrected chi connectivity index (χ1v) is 17.0. The largest absolute Gasteiger partial charge is 0.394 e. The van der Waals surface area contributed by atoms with E-state index in [0.717, 1.165) is 23.8 Å². The van der Waals surface area contributed by atoms with Crippen molar-refractivity contribution in [3.8, 4) is 11.1 Å². The summed E-state index contributed by atoms with van der Waals surface area (Å²) < 4.78 is 94.9. The number of rotatable bonds is 9. The second kappa shape index (κ2) is 14.1. The second-order valence-corrected chi connectivity index (χ2v) is 13.7. The minimum atomic E-state index is -5.05. The molecule has 0 aliphatic carbocycles. The molecule has 0 aliphatic heterocycles. The summed E-state index contributed by atoms with van der Waals surface area (Å²) in [5.74, 6) is 0.225. The van der Waals surface area contributed by atoms with Gasteiger partial charge in [0.15, 0.2) is 0 Å². The summed E-state index contributed by atoms with van der Waals surface area (Å²) in [6, 6.07) is 16.3. The molecular formula is C25H24Cl2FN5O8S3. The summed E-state index contributed by atoms with van der Waals surface area (Å²) in [7, 11) is -13.8. The van der Waals surface area contributed by atoms with Gasteiger partial charge in [-0.15, -0.1) is 3.89 Å². The van der Waals surface area contributed by atoms with Crippen LogP contribution in [0.5, 0.6) is 0 Å². The van der Waals surface area contributed by atoms with E-state index < -0.39 is 35.5 Å². The van der Waals surface area contributed by atoms with Crippen molar-refractivity contribution in [2.75, 3.05) is 11.5 Å². The second-order valence-electron chi connectivity index (χ2n) is 8.92. The van der Waals surface area contributed by atoms with Crippen LogP contribution in [0.25, 0.3) is 11.1 Å². The van der Waals surface area contributed by atoms with Gasteiger partial charge in [-0.1, -0.05) is 59.6 Å². The number of nitrogens with one attached hydrogen (secondary N) is 1. The number of benzene rings is 3. The Morgan fingerprint density at radius 2 is 1.39 bits per heavy atom.